The number of ether oxygens (including phenoxy) is 2. The zero-order valence-electron chi connectivity index (χ0n) is 24.2. The molecule has 0 bridgehead atoms. The molecule has 0 saturated heterocycles. The smallest absolute Gasteiger partial charge is 0.264 e. The lowest BCUT2D eigenvalue weighted by atomic mass is 10.0. The van der Waals surface area contributed by atoms with Gasteiger partial charge in [-0.25, -0.2) is 8.42 Å². The fraction of sp³-hybridized carbons (Fsp3) is 0.212. The molecule has 0 spiro atoms. The van der Waals surface area contributed by atoms with Crippen LogP contribution >= 0.6 is 0 Å². The molecule has 0 fully saturated rings. The Morgan fingerprint density at radius 1 is 0.884 bits per heavy atom. The fourth-order valence-electron chi connectivity index (χ4n) is 5.11. The van der Waals surface area contributed by atoms with E-state index in [1.54, 1.807) is 57.7 Å². The van der Waals surface area contributed by atoms with Crippen molar-refractivity contribution in [1.82, 2.24) is 5.32 Å². The van der Waals surface area contributed by atoms with Gasteiger partial charge in [-0.1, -0.05) is 36.4 Å². The molecular weight excluding hydrogens is 566 g/mol. The number of carbonyl (C=O) groups excluding carboxylic acids is 2. The monoisotopic (exact) mass is 599 g/mol. The van der Waals surface area contributed by atoms with Crippen LogP contribution in [0.4, 0.5) is 11.4 Å². The van der Waals surface area contributed by atoms with Crippen LogP contribution in [0.5, 0.6) is 11.5 Å². The van der Waals surface area contributed by atoms with Gasteiger partial charge in [0.15, 0.2) is 0 Å². The maximum Gasteiger partial charge on any atom is 0.264 e. The number of anilines is 2. The van der Waals surface area contributed by atoms with E-state index in [2.05, 4.69) is 5.32 Å². The van der Waals surface area contributed by atoms with Gasteiger partial charge >= 0.3 is 0 Å². The summed E-state index contributed by atoms with van der Waals surface area (Å²) in [6.07, 6.45) is 0.800. The minimum absolute atomic E-state index is 0.00916. The number of hydrogen-bond acceptors (Lipinski definition) is 6. The van der Waals surface area contributed by atoms with Crippen LogP contribution in [0, 0.1) is 0 Å². The van der Waals surface area contributed by atoms with E-state index in [4.69, 9.17) is 9.47 Å². The molecule has 1 heterocycles. The standard InChI is InChI=1S/C33H33N3O6S/c1-35(26-12-14-27(41-2)15-13-26)33(38)30(20-23-8-5-4-6-9-23)34-32(37)25-10-7-11-29(22-25)43(39,40)36-19-18-24-21-28(42-3)16-17-31(24)36/h4-17,21-22,30H,18-20H2,1-3H3,(H,34,37)/t30-/m0/s1. The van der Waals surface area contributed by atoms with Gasteiger partial charge < -0.3 is 19.7 Å². The summed E-state index contributed by atoms with van der Waals surface area (Å²) in [6, 6.07) is 26.7. The van der Waals surface area contributed by atoms with E-state index >= 15 is 0 Å². The highest BCUT2D eigenvalue weighted by Gasteiger charge is 2.32. The molecule has 1 atom stereocenters. The maximum atomic E-state index is 13.7. The second kappa shape index (κ2) is 12.6. The first-order valence-electron chi connectivity index (χ1n) is 13.8. The average Bonchev–Trinajstić information content (AvgIpc) is 3.48. The molecule has 0 aliphatic carbocycles. The Balaban J connectivity index is 1.39. The van der Waals surface area contributed by atoms with Gasteiger partial charge in [0.05, 0.1) is 24.8 Å². The molecule has 0 saturated carbocycles. The van der Waals surface area contributed by atoms with Crippen LogP contribution in [0.1, 0.15) is 21.5 Å². The van der Waals surface area contributed by atoms with Gasteiger partial charge in [0.25, 0.3) is 15.9 Å². The molecule has 43 heavy (non-hydrogen) atoms. The highest BCUT2D eigenvalue weighted by Crippen LogP contribution is 2.35. The van der Waals surface area contributed by atoms with Crippen molar-refractivity contribution in [3.8, 4) is 11.5 Å². The number of nitrogens with one attached hydrogen (secondary N) is 1. The molecule has 1 aliphatic rings. The lowest BCUT2D eigenvalue weighted by Gasteiger charge is -2.25. The lowest BCUT2D eigenvalue weighted by molar-refractivity contribution is -0.120. The SMILES string of the molecule is COc1ccc(N(C)C(=O)[C@H](Cc2ccccc2)NC(=O)c2cccc(S(=O)(=O)N3CCc4cc(OC)ccc43)c2)cc1. The van der Waals surface area contributed by atoms with Gasteiger partial charge in [0.2, 0.25) is 5.91 Å². The van der Waals surface area contributed by atoms with Crippen molar-refractivity contribution in [3.63, 3.8) is 0 Å². The number of amides is 2. The fourth-order valence-corrected chi connectivity index (χ4v) is 6.66. The third kappa shape index (κ3) is 6.34. The van der Waals surface area contributed by atoms with Crippen molar-refractivity contribution in [2.75, 3.05) is 37.0 Å². The summed E-state index contributed by atoms with van der Waals surface area (Å²) in [5.41, 5.74) is 3.10. The first-order chi connectivity index (χ1) is 20.7. The van der Waals surface area contributed by atoms with E-state index < -0.39 is 22.0 Å². The average molecular weight is 600 g/mol. The summed E-state index contributed by atoms with van der Waals surface area (Å²) in [7, 11) is 0.827. The van der Waals surface area contributed by atoms with Crippen molar-refractivity contribution < 1.29 is 27.5 Å². The van der Waals surface area contributed by atoms with Gasteiger partial charge in [-0.05, 0) is 78.2 Å². The Bertz CT molecular complexity index is 1730. The van der Waals surface area contributed by atoms with Gasteiger partial charge in [0.1, 0.15) is 17.5 Å². The Morgan fingerprint density at radius 3 is 2.28 bits per heavy atom. The van der Waals surface area contributed by atoms with Gasteiger partial charge in [0, 0.05) is 31.3 Å². The number of benzene rings is 4. The number of carbonyl (C=O) groups is 2. The Labute approximate surface area is 251 Å². The van der Waals surface area contributed by atoms with Crippen LogP contribution in [0.3, 0.4) is 0 Å². The van der Waals surface area contributed by atoms with E-state index in [-0.39, 0.29) is 29.3 Å². The molecule has 9 nitrogen and oxygen atoms in total. The van der Waals surface area contributed by atoms with E-state index in [0.717, 1.165) is 11.1 Å². The first-order valence-corrected chi connectivity index (χ1v) is 15.2. The topological polar surface area (TPSA) is 105 Å². The Kier molecular flexibility index (Phi) is 8.68. The molecule has 1 aliphatic heterocycles. The molecule has 2 amide bonds. The van der Waals surface area contributed by atoms with Crippen molar-refractivity contribution >= 4 is 33.2 Å². The molecule has 4 aromatic rings. The number of rotatable bonds is 10. The molecule has 5 rings (SSSR count). The Morgan fingerprint density at radius 2 is 1.58 bits per heavy atom. The third-order valence-electron chi connectivity index (χ3n) is 7.50. The summed E-state index contributed by atoms with van der Waals surface area (Å²) in [5.74, 6) is 0.441. The molecule has 10 heteroatoms. The molecule has 0 radical (unpaired) electrons. The summed E-state index contributed by atoms with van der Waals surface area (Å²) in [5, 5.41) is 2.85. The molecule has 4 aromatic carbocycles. The first kappa shape index (κ1) is 29.7. The third-order valence-corrected chi connectivity index (χ3v) is 9.31. The second-order valence-electron chi connectivity index (χ2n) is 10.2. The summed E-state index contributed by atoms with van der Waals surface area (Å²) >= 11 is 0. The van der Waals surface area contributed by atoms with Gasteiger partial charge in [-0.3, -0.25) is 13.9 Å². The number of fused-ring (bicyclic) bond motifs is 1. The summed E-state index contributed by atoms with van der Waals surface area (Å²) in [6.45, 7) is 0.284. The second-order valence-corrected chi connectivity index (χ2v) is 12.0. The van der Waals surface area contributed by atoms with Crippen molar-refractivity contribution in [2.45, 2.75) is 23.8 Å². The summed E-state index contributed by atoms with van der Waals surface area (Å²) in [4.78, 5) is 28.7. The number of methoxy groups -OCH3 is 2. The lowest BCUT2D eigenvalue weighted by Crippen LogP contribution is -2.48. The van der Waals surface area contributed by atoms with Crippen LogP contribution in [0.25, 0.3) is 0 Å². The number of nitrogens with zero attached hydrogens (tertiary/aromatic N) is 2. The molecule has 0 aromatic heterocycles. The normalized spacial score (nSPS) is 13.1. The predicted octanol–water partition coefficient (Wildman–Crippen LogP) is 4.46. The molecular formula is C33H33N3O6S. The predicted molar refractivity (Wildman–Crippen MR) is 165 cm³/mol. The molecule has 1 N–H and O–H groups in total. The maximum absolute atomic E-state index is 13.7. The number of hydrogen-bond donors (Lipinski definition) is 1. The van der Waals surface area contributed by atoms with Crippen LogP contribution in [-0.4, -0.2) is 54.1 Å². The van der Waals surface area contributed by atoms with E-state index in [1.807, 2.05) is 36.4 Å². The minimum Gasteiger partial charge on any atom is -0.497 e. The van der Waals surface area contributed by atoms with Crippen molar-refractivity contribution in [2.24, 2.45) is 0 Å². The van der Waals surface area contributed by atoms with Gasteiger partial charge in [-0.2, -0.15) is 0 Å². The van der Waals surface area contributed by atoms with Crippen LogP contribution in [0.2, 0.25) is 0 Å². The van der Waals surface area contributed by atoms with E-state index in [0.29, 0.717) is 29.3 Å². The molecule has 0 unspecified atom stereocenters. The largest absolute Gasteiger partial charge is 0.497 e. The van der Waals surface area contributed by atoms with E-state index in [1.165, 1.54) is 33.5 Å². The van der Waals surface area contributed by atoms with Crippen LogP contribution in [-0.2, 0) is 27.7 Å². The van der Waals surface area contributed by atoms with Crippen molar-refractivity contribution in [3.05, 3.63) is 114 Å². The Hall–Kier alpha value is -4.83. The minimum atomic E-state index is -3.95. The van der Waals surface area contributed by atoms with Crippen molar-refractivity contribution in [1.29, 1.82) is 0 Å². The zero-order chi connectivity index (χ0) is 30.6. The van der Waals surface area contributed by atoms with Crippen LogP contribution < -0.4 is 24.0 Å². The quantitative estimate of drug-likeness (QED) is 0.289. The van der Waals surface area contributed by atoms with E-state index in [9.17, 15) is 18.0 Å². The van der Waals surface area contributed by atoms with Gasteiger partial charge in [-0.15, -0.1) is 0 Å². The number of likely N-dealkylation sites (N-methyl/N-ethyl adjacent to an activating group) is 1. The highest BCUT2D eigenvalue weighted by atomic mass is 32.2. The summed E-state index contributed by atoms with van der Waals surface area (Å²) < 4.78 is 39.2. The van der Waals surface area contributed by atoms with Crippen LogP contribution in [0.15, 0.2) is 102 Å². The highest BCUT2D eigenvalue weighted by molar-refractivity contribution is 7.92. The molecule has 222 valence electrons. The number of sulfonamides is 1. The zero-order valence-corrected chi connectivity index (χ0v) is 25.0.